The summed E-state index contributed by atoms with van der Waals surface area (Å²) in [6.07, 6.45) is 4.58. The number of aliphatic hydroxyl groups is 1. The van der Waals surface area contributed by atoms with Crippen LogP contribution in [0.25, 0.3) is 0 Å². The minimum atomic E-state index is -0.913. The number of anilines is 1. The molecule has 0 heterocycles. The van der Waals surface area contributed by atoms with Crippen LogP contribution in [0.5, 0.6) is 0 Å². The van der Waals surface area contributed by atoms with E-state index in [4.69, 9.17) is 16.7 Å². The largest absolute Gasteiger partial charge is 0.480 e. The maximum atomic E-state index is 11.1. The van der Waals surface area contributed by atoms with Crippen LogP contribution in [-0.2, 0) is 4.79 Å². The van der Waals surface area contributed by atoms with Crippen molar-refractivity contribution < 1.29 is 15.0 Å². The molecule has 5 heteroatoms. The maximum absolute atomic E-state index is 11.1. The molecule has 0 atom stereocenters. The highest BCUT2D eigenvalue weighted by molar-refractivity contribution is 6.30. The number of carboxylic acids is 1. The molecule has 2 N–H and O–H groups in total. The molecular weight excluding hydrogens is 278 g/mol. The van der Waals surface area contributed by atoms with E-state index in [9.17, 15) is 9.90 Å². The van der Waals surface area contributed by atoms with E-state index in [-0.39, 0.29) is 6.54 Å². The van der Waals surface area contributed by atoms with Crippen LogP contribution in [0.1, 0.15) is 32.1 Å². The monoisotopic (exact) mass is 297 g/mol. The summed E-state index contributed by atoms with van der Waals surface area (Å²) < 4.78 is 0. The molecule has 1 aliphatic rings. The lowest BCUT2D eigenvalue weighted by Crippen LogP contribution is -2.46. The second kappa shape index (κ2) is 6.46. The van der Waals surface area contributed by atoms with Crippen molar-refractivity contribution in [1.29, 1.82) is 0 Å². The van der Waals surface area contributed by atoms with E-state index in [1.54, 1.807) is 23.1 Å². The normalized spacial score (nSPS) is 17.7. The van der Waals surface area contributed by atoms with Gasteiger partial charge in [0.25, 0.3) is 0 Å². The molecule has 0 aromatic heterocycles. The lowest BCUT2D eigenvalue weighted by molar-refractivity contribution is -0.135. The van der Waals surface area contributed by atoms with Crippen molar-refractivity contribution in [3.05, 3.63) is 29.3 Å². The molecule has 4 nitrogen and oxygen atoms in total. The van der Waals surface area contributed by atoms with Crippen LogP contribution in [-0.4, -0.2) is 34.9 Å². The highest BCUT2D eigenvalue weighted by Gasteiger charge is 2.32. The molecule has 20 heavy (non-hydrogen) atoms. The van der Waals surface area contributed by atoms with E-state index < -0.39 is 11.6 Å². The lowest BCUT2D eigenvalue weighted by atomic mass is 9.84. The number of halogens is 1. The van der Waals surface area contributed by atoms with E-state index in [0.29, 0.717) is 11.6 Å². The van der Waals surface area contributed by atoms with Crippen molar-refractivity contribution >= 4 is 23.3 Å². The van der Waals surface area contributed by atoms with Gasteiger partial charge in [-0.05, 0) is 31.0 Å². The van der Waals surface area contributed by atoms with Gasteiger partial charge in [-0.15, -0.1) is 0 Å². The molecular formula is C15H20ClNO3. The lowest BCUT2D eigenvalue weighted by Gasteiger charge is -2.37. The van der Waals surface area contributed by atoms with Crippen molar-refractivity contribution in [2.75, 3.05) is 18.0 Å². The molecule has 0 spiro atoms. The fourth-order valence-electron chi connectivity index (χ4n) is 2.80. The molecule has 0 radical (unpaired) electrons. The Kier molecular flexibility index (Phi) is 4.89. The van der Waals surface area contributed by atoms with Crippen LogP contribution >= 0.6 is 11.6 Å². The number of hydrogen-bond acceptors (Lipinski definition) is 3. The summed E-state index contributed by atoms with van der Waals surface area (Å²) >= 11 is 5.97. The quantitative estimate of drug-likeness (QED) is 0.877. The van der Waals surface area contributed by atoms with Crippen molar-refractivity contribution in [3.8, 4) is 0 Å². The topological polar surface area (TPSA) is 60.8 Å². The van der Waals surface area contributed by atoms with E-state index in [1.807, 2.05) is 6.07 Å². The number of hydrogen-bond donors (Lipinski definition) is 2. The van der Waals surface area contributed by atoms with Crippen molar-refractivity contribution in [1.82, 2.24) is 0 Å². The van der Waals surface area contributed by atoms with Crippen molar-refractivity contribution in [2.45, 2.75) is 37.7 Å². The molecule has 1 fully saturated rings. The summed E-state index contributed by atoms with van der Waals surface area (Å²) in [6.45, 7) is 0.197. The number of carbonyl (C=O) groups is 1. The Morgan fingerprint density at radius 3 is 2.60 bits per heavy atom. The van der Waals surface area contributed by atoms with Gasteiger partial charge in [-0.1, -0.05) is 36.9 Å². The second-order valence-electron chi connectivity index (χ2n) is 5.51. The van der Waals surface area contributed by atoms with Gasteiger partial charge in [0, 0.05) is 17.3 Å². The number of benzene rings is 1. The maximum Gasteiger partial charge on any atom is 0.323 e. The SMILES string of the molecule is O=C(O)CN(CC1(O)CCCCC1)c1cccc(Cl)c1. The number of aliphatic carboxylic acids is 1. The zero-order valence-corrected chi connectivity index (χ0v) is 12.1. The fraction of sp³-hybridized carbons (Fsp3) is 0.533. The summed E-state index contributed by atoms with van der Waals surface area (Å²) in [5.74, 6) is -0.913. The highest BCUT2D eigenvalue weighted by atomic mass is 35.5. The first-order valence-electron chi connectivity index (χ1n) is 6.93. The highest BCUT2D eigenvalue weighted by Crippen LogP contribution is 2.30. The van der Waals surface area contributed by atoms with Gasteiger partial charge in [0.1, 0.15) is 6.54 Å². The molecule has 0 saturated heterocycles. The summed E-state index contributed by atoms with van der Waals surface area (Å²) in [6, 6.07) is 7.09. The van der Waals surface area contributed by atoms with E-state index in [1.165, 1.54) is 0 Å². The predicted octanol–water partition coefficient (Wildman–Crippen LogP) is 2.93. The van der Waals surface area contributed by atoms with Gasteiger partial charge >= 0.3 is 5.97 Å². The van der Waals surface area contributed by atoms with Crippen molar-refractivity contribution in [3.63, 3.8) is 0 Å². The average molecular weight is 298 g/mol. The predicted molar refractivity (Wildman–Crippen MR) is 79.3 cm³/mol. The van der Waals surface area contributed by atoms with Gasteiger partial charge in [0.05, 0.1) is 5.60 Å². The number of nitrogens with zero attached hydrogens (tertiary/aromatic N) is 1. The molecule has 1 aromatic carbocycles. The molecule has 0 amide bonds. The zero-order chi connectivity index (χ0) is 14.6. The molecule has 0 aliphatic heterocycles. The van der Waals surface area contributed by atoms with Crippen LogP contribution in [0.4, 0.5) is 5.69 Å². The Labute approximate surface area is 124 Å². The van der Waals surface area contributed by atoms with Crippen LogP contribution in [0.2, 0.25) is 5.02 Å². The van der Waals surface area contributed by atoms with Crippen molar-refractivity contribution in [2.24, 2.45) is 0 Å². The fourth-order valence-corrected chi connectivity index (χ4v) is 2.98. The van der Waals surface area contributed by atoms with Gasteiger partial charge < -0.3 is 15.1 Å². The van der Waals surface area contributed by atoms with Gasteiger partial charge in [-0.3, -0.25) is 4.79 Å². The first-order chi connectivity index (χ1) is 9.48. The molecule has 0 bridgehead atoms. The Hall–Kier alpha value is -1.26. The van der Waals surface area contributed by atoms with Gasteiger partial charge in [0.15, 0.2) is 0 Å². The van der Waals surface area contributed by atoms with Gasteiger partial charge in [-0.25, -0.2) is 0 Å². The first kappa shape index (κ1) is 15.1. The van der Waals surface area contributed by atoms with Crippen LogP contribution in [0.15, 0.2) is 24.3 Å². The molecule has 1 aromatic rings. The summed E-state index contributed by atoms with van der Waals surface area (Å²) in [7, 11) is 0. The molecule has 1 saturated carbocycles. The Morgan fingerprint density at radius 1 is 1.30 bits per heavy atom. The Balaban J connectivity index is 2.17. The Bertz CT molecular complexity index is 472. The smallest absolute Gasteiger partial charge is 0.323 e. The summed E-state index contributed by atoms with van der Waals surface area (Å²) in [5, 5.41) is 20.3. The van der Waals surface area contributed by atoms with E-state index >= 15 is 0 Å². The van der Waals surface area contributed by atoms with E-state index in [2.05, 4.69) is 0 Å². The summed E-state index contributed by atoms with van der Waals surface area (Å²) in [5.41, 5.74) is -0.0605. The molecule has 110 valence electrons. The molecule has 0 unspecified atom stereocenters. The van der Waals surface area contributed by atoms with Gasteiger partial charge in [0.2, 0.25) is 0 Å². The van der Waals surface area contributed by atoms with Gasteiger partial charge in [-0.2, -0.15) is 0 Å². The van der Waals surface area contributed by atoms with Crippen LogP contribution in [0.3, 0.4) is 0 Å². The van der Waals surface area contributed by atoms with Crippen LogP contribution < -0.4 is 4.90 Å². The first-order valence-corrected chi connectivity index (χ1v) is 7.31. The third kappa shape index (κ3) is 4.12. The van der Waals surface area contributed by atoms with E-state index in [0.717, 1.165) is 37.8 Å². The molecule has 1 aliphatic carbocycles. The third-order valence-electron chi connectivity index (χ3n) is 3.77. The Morgan fingerprint density at radius 2 is 2.00 bits per heavy atom. The minimum Gasteiger partial charge on any atom is -0.480 e. The third-order valence-corrected chi connectivity index (χ3v) is 4.00. The number of carboxylic acid groups (broad SMARTS) is 1. The molecule has 2 rings (SSSR count). The zero-order valence-electron chi connectivity index (χ0n) is 11.4. The minimum absolute atomic E-state index is 0.136. The standard InChI is InChI=1S/C15H20ClNO3/c16-12-5-4-6-13(9-12)17(10-14(18)19)11-15(20)7-2-1-3-8-15/h4-6,9,20H,1-3,7-8,10-11H2,(H,18,19). The van der Waals surface area contributed by atoms with Crippen LogP contribution in [0, 0.1) is 0 Å². The average Bonchev–Trinajstić information content (AvgIpc) is 2.38. The summed E-state index contributed by atoms with van der Waals surface area (Å²) in [4.78, 5) is 12.8. The number of rotatable bonds is 5. The second-order valence-corrected chi connectivity index (χ2v) is 5.95.